The molecule has 34 heavy (non-hydrogen) atoms. The molecule has 1 aromatic heterocycles. The Balaban J connectivity index is 1.78. The summed E-state index contributed by atoms with van der Waals surface area (Å²) in [5.74, 6) is -0.883. The molecule has 0 aliphatic heterocycles. The molecule has 0 aliphatic carbocycles. The highest BCUT2D eigenvalue weighted by atomic mass is 19.4. The predicted molar refractivity (Wildman–Crippen MR) is 124 cm³/mol. The zero-order chi connectivity index (χ0) is 24.6. The van der Waals surface area contributed by atoms with Crippen LogP contribution in [-0.4, -0.2) is 41.9 Å². The quantitative estimate of drug-likeness (QED) is 0.339. The zero-order valence-corrected chi connectivity index (χ0v) is 18.6. The minimum atomic E-state index is -4.42. The summed E-state index contributed by atoms with van der Waals surface area (Å²) >= 11 is 0. The van der Waals surface area contributed by atoms with Crippen LogP contribution in [0.15, 0.2) is 67.0 Å². The Morgan fingerprint density at radius 1 is 1.12 bits per heavy atom. The van der Waals surface area contributed by atoms with E-state index in [9.17, 15) is 23.1 Å². The molecular weight excluding hydrogens is 447 g/mol. The van der Waals surface area contributed by atoms with Crippen molar-refractivity contribution in [2.45, 2.75) is 25.6 Å². The summed E-state index contributed by atoms with van der Waals surface area (Å²) in [4.78, 5) is 15.4. The number of alkyl halides is 3. The second-order valence-corrected chi connectivity index (χ2v) is 7.64. The van der Waals surface area contributed by atoms with E-state index in [1.54, 1.807) is 18.2 Å². The smallest absolute Gasteiger partial charge is 0.422 e. The van der Waals surface area contributed by atoms with E-state index < -0.39 is 18.8 Å². The Bertz CT molecular complexity index is 1090. The molecule has 0 radical (unpaired) electrons. The largest absolute Gasteiger partial charge is 0.483 e. The van der Waals surface area contributed by atoms with Crippen LogP contribution in [0.4, 0.5) is 18.9 Å². The molecule has 1 unspecified atom stereocenters. The van der Waals surface area contributed by atoms with Crippen LogP contribution in [0.25, 0.3) is 11.1 Å². The van der Waals surface area contributed by atoms with Gasteiger partial charge in [-0.1, -0.05) is 49.4 Å². The van der Waals surface area contributed by atoms with E-state index in [0.717, 1.165) is 24.1 Å². The molecule has 0 fully saturated rings. The molecule has 3 aromatic rings. The maximum atomic E-state index is 12.6. The molecule has 0 saturated carbocycles. The molecule has 6 nitrogen and oxygen atoms in total. The first-order valence-corrected chi connectivity index (χ1v) is 10.8. The second-order valence-electron chi connectivity index (χ2n) is 7.64. The molecule has 0 spiro atoms. The highest BCUT2D eigenvalue weighted by Gasteiger charge is 2.28. The minimum Gasteiger partial charge on any atom is -0.483 e. The SMILES string of the molecule is CCCNC(CNc1cnccc1C(=O)O)c1ccc(-c2ccccc2OCC(F)(F)F)cc1. The molecule has 1 heterocycles. The number of carbonyl (C=O) groups is 1. The fourth-order valence-electron chi connectivity index (χ4n) is 3.45. The van der Waals surface area contributed by atoms with Crippen LogP contribution in [0.3, 0.4) is 0 Å². The van der Waals surface area contributed by atoms with Gasteiger partial charge in [-0.2, -0.15) is 13.2 Å². The normalized spacial score (nSPS) is 12.2. The fraction of sp³-hybridized carbons (Fsp3) is 0.280. The van der Waals surface area contributed by atoms with Crippen molar-refractivity contribution in [3.8, 4) is 16.9 Å². The third-order valence-corrected chi connectivity index (χ3v) is 5.09. The predicted octanol–water partition coefficient (Wildman–Crippen LogP) is 5.54. The van der Waals surface area contributed by atoms with E-state index in [2.05, 4.69) is 15.6 Å². The maximum absolute atomic E-state index is 12.6. The number of pyridine rings is 1. The molecule has 2 aromatic carbocycles. The molecule has 9 heteroatoms. The number of rotatable bonds is 11. The minimum absolute atomic E-state index is 0.132. The van der Waals surface area contributed by atoms with Gasteiger partial charge >= 0.3 is 12.1 Å². The molecule has 180 valence electrons. The van der Waals surface area contributed by atoms with Crippen molar-refractivity contribution in [2.75, 3.05) is 25.0 Å². The van der Waals surface area contributed by atoms with Gasteiger partial charge in [-0.25, -0.2) is 4.79 Å². The number of ether oxygens (including phenoxy) is 1. The molecule has 1 atom stereocenters. The van der Waals surface area contributed by atoms with Gasteiger partial charge in [0.2, 0.25) is 0 Å². The third kappa shape index (κ3) is 6.95. The number of halogens is 3. The van der Waals surface area contributed by atoms with E-state index >= 15 is 0 Å². The Hall–Kier alpha value is -3.59. The lowest BCUT2D eigenvalue weighted by molar-refractivity contribution is -0.153. The lowest BCUT2D eigenvalue weighted by Gasteiger charge is -2.21. The van der Waals surface area contributed by atoms with Gasteiger partial charge in [0.15, 0.2) is 6.61 Å². The number of anilines is 1. The summed E-state index contributed by atoms with van der Waals surface area (Å²) in [7, 11) is 0. The van der Waals surface area contributed by atoms with Gasteiger partial charge in [0.25, 0.3) is 0 Å². The second kappa shape index (κ2) is 11.5. The number of carboxylic acids is 1. The van der Waals surface area contributed by atoms with E-state index in [4.69, 9.17) is 4.74 Å². The maximum Gasteiger partial charge on any atom is 0.422 e. The Morgan fingerprint density at radius 3 is 2.53 bits per heavy atom. The van der Waals surface area contributed by atoms with Gasteiger partial charge in [0.1, 0.15) is 5.75 Å². The van der Waals surface area contributed by atoms with Gasteiger partial charge in [-0.15, -0.1) is 0 Å². The van der Waals surface area contributed by atoms with Crippen LogP contribution < -0.4 is 15.4 Å². The van der Waals surface area contributed by atoms with E-state index in [1.807, 2.05) is 31.2 Å². The first kappa shape index (κ1) is 25.0. The standard InChI is InChI=1S/C25H26F3N3O3/c1-2-12-30-21(15-31-22-14-29-13-11-20(22)24(32)33)18-9-7-17(8-10-18)19-5-3-4-6-23(19)34-16-25(26,27)28/h3-11,13-14,21,30-31H,2,12,15-16H2,1H3,(H,32,33). The summed E-state index contributed by atoms with van der Waals surface area (Å²) < 4.78 is 42.8. The van der Waals surface area contributed by atoms with Crippen molar-refractivity contribution in [3.05, 3.63) is 78.1 Å². The van der Waals surface area contributed by atoms with Crippen LogP contribution in [0.2, 0.25) is 0 Å². The van der Waals surface area contributed by atoms with Crippen LogP contribution in [0, 0.1) is 0 Å². The number of para-hydroxylation sites is 1. The van der Waals surface area contributed by atoms with Crippen LogP contribution >= 0.6 is 0 Å². The topological polar surface area (TPSA) is 83.5 Å². The average Bonchev–Trinajstić information content (AvgIpc) is 2.83. The van der Waals surface area contributed by atoms with Gasteiger partial charge < -0.3 is 20.5 Å². The van der Waals surface area contributed by atoms with Gasteiger partial charge in [0, 0.05) is 24.3 Å². The van der Waals surface area contributed by atoms with Crippen molar-refractivity contribution in [3.63, 3.8) is 0 Å². The van der Waals surface area contributed by atoms with Crippen LogP contribution in [0.1, 0.15) is 35.3 Å². The van der Waals surface area contributed by atoms with Crippen molar-refractivity contribution in [1.29, 1.82) is 0 Å². The Kier molecular flexibility index (Phi) is 8.48. The van der Waals surface area contributed by atoms with Crippen molar-refractivity contribution >= 4 is 11.7 Å². The molecule has 0 amide bonds. The van der Waals surface area contributed by atoms with Crippen LogP contribution in [0.5, 0.6) is 5.75 Å². The lowest BCUT2D eigenvalue weighted by atomic mass is 9.99. The molecule has 3 rings (SSSR count). The van der Waals surface area contributed by atoms with E-state index in [1.165, 1.54) is 24.5 Å². The highest BCUT2D eigenvalue weighted by Crippen LogP contribution is 2.32. The summed E-state index contributed by atoms with van der Waals surface area (Å²) in [5, 5.41) is 16.0. The monoisotopic (exact) mass is 473 g/mol. The van der Waals surface area contributed by atoms with Crippen molar-refractivity contribution < 1.29 is 27.8 Å². The molecule has 3 N–H and O–H groups in total. The summed E-state index contributed by atoms with van der Waals surface area (Å²) in [5.41, 5.74) is 2.79. The molecule has 0 aliphatic rings. The number of benzene rings is 2. The fourth-order valence-corrected chi connectivity index (χ4v) is 3.45. The number of nitrogens with zero attached hydrogens (tertiary/aromatic N) is 1. The van der Waals surface area contributed by atoms with Gasteiger partial charge in [0.05, 0.1) is 17.4 Å². The lowest BCUT2D eigenvalue weighted by Crippen LogP contribution is -2.28. The van der Waals surface area contributed by atoms with E-state index in [-0.39, 0.29) is 17.4 Å². The summed E-state index contributed by atoms with van der Waals surface area (Å²) in [6.45, 7) is 1.85. The average molecular weight is 473 g/mol. The number of hydrogen-bond acceptors (Lipinski definition) is 5. The number of hydrogen-bond donors (Lipinski definition) is 3. The first-order chi connectivity index (χ1) is 16.3. The number of nitrogens with one attached hydrogen (secondary N) is 2. The van der Waals surface area contributed by atoms with Crippen molar-refractivity contribution in [1.82, 2.24) is 10.3 Å². The van der Waals surface area contributed by atoms with Crippen LogP contribution in [-0.2, 0) is 0 Å². The Morgan fingerprint density at radius 2 is 1.85 bits per heavy atom. The zero-order valence-electron chi connectivity index (χ0n) is 18.6. The molecular formula is C25H26F3N3O3. The number of carboxylic acid groups (broad SMARTS) is 1. The molecule has 0 saturated heterocycles. The summed E-state index contributed by atoms with van der Waals surface area (Å²) in [6, 6.07) is 15.4. The number of aromatic carboxylic acids is 1. The van der Waals surface area contributed by atoms with Gasteiger partial charge in [-0.3, -0.25) is 4.98 Å². The van der Waals surface area contributed by atoms with E-state index in [0.29, 0.717) is 17.8 Å². The summed E-state index contributed by atoms with van der Waals surface area (Å²) in [6.07, 6.45) is -0.611. The Labute approximate surface area is 195 Å². The number of aromatic nitrogens is 1. The van der Waals surface area contributed by atoms with Crippen molar-refractivity contribution in [2.24, 2.45) is 0 Å². The molecule has 0 bridgehead atoms. The van der Waals surface area contributed by atoms with Gasteiger partial charge in [-0.05, 0) is 36.2 Å². The third-order valence-electron chi connectivity index (χ3n) is 5.09. The highest BCUT2D eigenvalue weighted by molar-refractivity contribution is 5.93. The first-order valence-electron chi connectivity index (χ1n) is 10.8.